The van der Waals surface area contributed by atoms with Crippen molar-refractivity contribution in [3.05, 3.63) is 29.8 Å². The Labute approximate surface area is 91.1 Å². The summed E-state index contributed by atoms with van der Waals surface area (Å²) in [6.45, 7) is 4.48. The second-order valence-electron chi connectivity index (χ2n) is 4.15. The molecule has 0 heterocycles. The second-order valence-corrected chi connectivity index (χ2v) is 4.15. The van der Waals surface area contributed by atoms with E-state index in [-0.39, 0.29) is 6.61 Å². The van der Waals surface area contributed by atoms with Gasteiger partial charge in [-0.2, -0.15) is 0 Å². The zero-order chi connectivity index (χ0) is 11.3. The fourth-order valence-electron chi connectivity index (χ4n) is 1.51. The molecule has 3 nitrogen and oxygen atoms in total. The van der Waals surface area contributed by atoms with Gasteiger partial charge in [0.2, 0.25) is 0 Å². The molecule has 2 N–H and O–H groups in total. The number of aryl methyl sites for hydroxylation is 1. The van der Waals surface area contributed by atoms with Crippen LogP contribution in [-0.2, 0) is 4.74 Å². The zero-order valence-electron chi connectivity index (χ0n) is 9.58. The van der Waals surface area contributed by atoms with E-state index in [1.807, 2.05) is 38.1 Å². The number of rotatable bonds is 5. The number of methoxy groups -OCH3 is 1. The molecule has 1 atom stereocenters. The maximum absolute atomic E-state index is 9.30. The van der Waals surface area contributed by atoms with E-state index in [1.54, 1.807) is 7.11 Å². The first-order valence-corrected chi connectivity index (χ1v) is 5.04. The molecule has 1 unspecified atom stereocenters. The Balaban J connectivity index is 2.74. The lowest BCUT2D eigenvalue weighted by Gasteiger charge is -2.29. The average Bonchev–Trinajstić information content (AvgIpc) is 2.18. The van der Waals surface area contributed by atoms with E-state index in [1.165, 1.54) is 5.56 Å². The second kappa shape index (κ2) is 5.14. The number of nitrogens with one attached hydrogen (secondary N) is 1. The average molecular weight is 209 g/mol. The molecule has 0 amide bonds. The predicted octanol–water partition coefficient (Wildman–Crippen LogP) is 1.80. The van der Waals surface area contributed by atoms with Gasteiger partial charge in [-0.15, -0.1) is 0 Å². The van der Waals surface area contributed by atoms with Gasteiger partial charge in [0.05, 0.1) is 18.8 Å². The van der Waals surface area contributed by atoms with Crippen LogP contribution in [0.2, 0.25) is 0 Å². The lowest BCUT2D eigenvalue weighted by atomic mass is 10.0. The van der Waals surface area contributed by atoms with Crippen LogP contribution in [0.1, 0.15) is 12.5 Å². The summed E-state index contributed by atoms with van der Waals surface area (Å²) in [5, 5.41) is 12.6. The summed E-state index contributed by atoms with van der Waals surface area (Å²) in [5.74, 6) is 0. The van der Waals surface area contributed by atoms with Gasteiger partial charge in [0, 0.05) is 12.8 Å². The Morgan fingerprint density at radius 2 is 2.20 bits per heavy atom. The van der Waals surface area contributed by atoms with Crippen molar-refractivity contribution in [3.63, 3.8) is 0 Å². The van der Waals surface area contributed by atoms with Crippen molar-refractivity contribution >= 4 is 5.69 Å². The van der Waals surface area contributed by atoms with Crippen LogP contribution in [0.4, 0.5) is 5.69 Å². The molecule has 0 bridgehead atoms. The van der Waals surface area contributed by atoms with Crippen molar-refractivity contribution in [1.82, 2.24) is 0 Å². The van der Waals surface area contributed by atoms with Gasteiger partial charge in [-0.05, 0) is 31.5 Å². The molecule has 84 valence electrons. The normalized spacial score (nSPS) is 14.7. The number of aliphatic hydroxyl groups is 1. The van der Waals surface area contributed by atoms with Gasteiger partial charge in [-0.1, -0.05) is 12.1 Å². The minimum Gasteiger partial charge on any atom is -0.394 e. The Morgan fingerprint density at radius 1 is 1.47 bits per heavy atom. The summed E-state index contributed by atoms with van der Waals surface area (Å²) in [6.07, 6.45) is 0. The fraction of sp³-hybridized carbons (Fsp3) is 0.500. The molecular formula is C12H19NO2. The Bertz CT molecular complexity index is 314. The highest BCUT2D eigenvalue weighted by Crippen LogP contribution is 2.16. The third-order valence-electron chi connectivity index (χ3n) is 2.28. The first-order valence-electron chi connectivity index (χ1n) is 5.04. The molecule has 1 rings (SSSR count). The van der Waals surface area contributed by atoms with Crippen LogP contribution in [0.5, 0.6) is 0 Å². The molecule has 0 saturated heterocycles. The van der Waals surface area contributed by atoms with E-state index in [9.17, 15) is 5.11 Å². The van der Waals surface area contributed by atoms with E-state index in [2.05, 4.69) is 5.32 Å². The monoisotopic (exact) mass is 209 g/mol. The fourth-order valence-corrected chi connectivity index (χ4v) is 1.51. The highest BCUT2D eigenvalue weighted by Gasteiger charge is 2.22. The lowest BCUT2D eigenvalue weighted by Crippen LogP contribution is -2.43. The number of ether oxygens (including phenoxy) is 1. The molecule has 1 aromatic carbocycles. The molecule has 0 saturated carbocycles. The van der Waals surface area contributed by atoms with Gasteiger partial charge in [-0.3, -0.25) is 0 Å². The zero-order valence-corrected chi connectivity index (χ0v) is 9.58. The standard InChI is InChI=1S/C12H19NO2/c1-10-5-4-6-11(7-10)13-12(2,8-14)9-15-3/h4-7,13-14H,8-9H2,1-3H3. The maximum atomic E-state index is 9.30. The van der Waals surface area contributed by atoms with E-state index < -0.39 is 5.54 Å². The van der Waals surface area contributed by atoms with Crippen LogP contribution in [0.15, 0.2) is 24.3 Å². The Morgan fingerprint density at radius 3 is 2.73 bits per heavy atom. The summed E-state index contributed by atoms with van der Waals surface area (Å²) in [6, 6.07) is 8.06. The minimum atomic E-state index is -0.428. The molecule has 15 heavy (non-hydrogen) atoms. The maximum Gasteiger partial charge on any atom is 0.0808 e. The quantitative estimate of drug-likeness (QED) is 0.777. The lowest BCUT2D eigenvalue weighted by molar-refractivity contribution is 0.108. The molecule has 0 aromatic heterocycles. The molecule has 0 fully saturated rings. The third-order valence-corrected chi connectivity index (χ3v) is 2.28. The van der Waals surface area contributed by atoms with E-state index in [0.29, 0.717) is 6.61 Å². The number of hydrogen-bond acceptors (Lipinski definition) is 3. The van der Waals surface area contributed by atoms with Crippen LogP contribution in [0, 0.1) is 6.92 Å². The van der Waals surface area contributed by atoms with Crippen LogP contribution in [-0.4, -0.2) is 31.0 Å². The van der Waals surface area contributed by atoms with E-state index in [0.717, 1.165) is 5.69 Å². The summed E-state index contributed by atoms with van der Waals surface area (Å²) >= 11 is 0. The SMILES string of the molecule is COCC(C)(CO)Nc1cccc(C)c1. The number of benzene rings is 1. The van der Waals surface area contributed by atoms with Crippen molar-refractivity contribution in [3.8, 4) is 0 Å². The molecule has 1 aromatic rings. The van der Waals surface area contributed by atoms with Crippen LogP contribution in [0.25, 0.3) is 0 Å². The van der Waals surface area contributed by atoms with Crippen molar-refractivity contribution in [2.45, 2.75) is 19.4 Å². The summed E-state index contributed by atoms with van der Waals surface area (Å²) < 4.78 is 5.08. The summed E-state index contributed by atoms with van der Waals surface area (Å²) in [5.41, 5.74) is 1.77. The van der Waals surface area contributed by atoms with Gasteiger partial charge >= 0.3 is 0 Å². The topological polar surface area (TPSA) is 41.5 Å². The van der Waals surface area contributed by atoms with E-state index in [4.69, 9.17) is 4.74 Å². The van der Waals surface area contributed by atoms with Crippen LogP contribution in [0.3, 0.4) is 0 Å². The summed E-state index contributed by atoms with van der Waals surface area (Å²) in [7, 11) is 1.63. The van der Waals surface area contributed by atoms with Gasteiger partial charge in [0.25, 0.3) is 0 Å². The molecule has 0 aliphatic heterocycles. The van der Waals surface area contributed by atoms with Gasteiger partial charge in [0.15, 0.2) is 0 Å². The molecule has 0 aliphatic rings. The smallest absolute Gasteiger partial charge is 0.0808 e. The van der Waals surface area contributed by atoms with Crippen molar-refractivity contribution < 1.29 is 9.84 Å². The minimum absolute atomic E-state index is 0.0365. The molecule has 0 aliphatic carbocycles. The highest BCUT2D eigenvalue weighted by molar-refractivity contribution is 5.47. The van der Waals surface area contributed by atoms with Gasteiger partial charge in [0.1, 0.15) is 0 Å². The predicted molar refractivity (Wildman–Crippen MR) is 62.2 cm³/mol. The van der Waals surface area contributed by atoms with Crippen molar-refractivity contribution in [2.75, 3.05) is 25.6 Å². The van der Waals surface area contributed by atoms with E-state index >= 15 is 0 Å². The Kier molecular flexibility index (Phi) is 4.12. The molecular weight excluding hydrogens is 190 g/mol. The van der Waals surface area contributed by atoms with Crippen molar-refractivity contribution in [1.29, 1.82) is 0 Å². The highest BCUT2D eigenvalue weighted by atomic mass is 16.5. The molecule has 0 spiro atoms. The molecule has 3 heteroatoms. The number of hydrogen-bond donors (Lipinski definition) is 2. The number of aliphatic hydroxyl groups excluding tert-OH is 1. The van der Waals surface area contributed by atoms with Gasteiger partial charge < -0.3 is 15.2 Å². The first kappa shape index (κ1) is 12.0. The van der Waals surface area contributed by atoms with Crippen molar-refractivity contribution in [2.24, 2.45) is 0 Å². The third kappa shape index (κ3) is 3.53. The van der Waals surface area contributed by atoms with Crippen LogP contribution < -0.4 is 5.32 Å². The summed E-state index contributed by atoms with van der Waals surface area (Å²) in [4.78, 5) is 0. The van der Waals surface area contributed by atoms with Gasteiger partial charge in [-0.25, -0.2) is 0 Å². The molecule has 0 radical (unpaired) electrons. The largest absolute Gasteiger partial charge is 0.394 e. The number of anilines is 1. The van der Waals surface area contributed by atoms with Crippen LogP contribution >= 0.6 is 0 Å². The first-order chi connectivity index (χ1) is 7.09. The Hall–Kier alpha value is -1.06.